The van der Waals surface area contributed by atoms with Crippen molar-refractivity contribution in [2.45, 2.75) is 11.3 Å². The second kappa shape index (κ2) is 9.15. The molecule has 3 aromatic rings. The van der Waals surface area contributed by atoms with Gasteiger partial charge in [-0.1, -0.05) is 0 Å². The highest BCUT2D eigenvalue weighted by Gasteiger charge is 2.38. The van der Waals surface area contributed by atoms with Gasteiger partial charge in [-0.2, -0.15) is 4.31 Å². The third-order valence-corrected chi connectivity index (χ3v) is 7.99. The highest BCUT2D eigenvalue weighted by Crippen LogP contribution is 2.30. The Morgan fingerprint density at radius 1 is 0.794 bits per heavy atom. The summed E-state index contributed by atoms with van der Waals surface area (Å²) in [6.45, 7) is -0.552. The molecule has 0 spiro atoms. The molecule has 0 aliphatic carbocycles. The molecule has 14 heteroatoms. The van der Waals surface area contributed by atoms with Crippen molar-refractivity contribution in [3.8, 4) is 0 Å². The molecule has 1 aromatic heterocycles. The number of anilines is 1. The molecule has 5 nitrogen and oxygen atoms in total. The van der Waals surface area contributed by atoms with Gasteiger partial charge in [-0.05, 0) is 17.7 Å². The van der Waals surface area contributed by atoms with E-state index in [1.807, 2.05) is 0 Å². The van der Waals surface area contributed by atoms with Gasteiger partial charge < -0.3 is 4.90 Å². The molecule has 182 valence electrons. The van der Waals surface area contributed by atoms with E-state index in [-0.39, 0.29) is 32.6 Å². The quantitative estimate of drug-likeness (QED) is 0.285. The van der Waals surface area contributed by atoms with Gasteiger partial charge in [0, 0.05) is 44.0 Å². The molecule has 4 rings (SSSR count). The van der Waals surface area contributed by atoms with Gasteiger partial charge in [0.1, 0.15) is 11.6 Å². The van der Waals surface area contributed by atoms with E-state index in [1.165, 1.54) is 23.5 Å². The Morgan fingerprint density at radius 2 is 1.32 bits per heavy atom. The molecule has 1 aliphatic heterocycles. The Balaban J connectivity index is 1.48. The smallest absolute Gasteiger partial charge is 0.249 e. The van der Waals surface area contributed by atoms with Crippen LogP contribution in [0.25, 0.3) is 0 Å². The van der Waals surface area contributed by atoms with E-state index in [0.29, 0.717) is 20.7 Å². The summed E-state index contributed by atoms with van der Waals surface area (Å²) in [4.78, 5) is 4.14. The second-order valence-corrected chi connectivity index (χ2v) is 10.1. The van der Waals surface area contributed by atoms with Gasteiger partial charge in [-0.15, -0.1) is 11.3 Å². The SMILES string of the molecule is O=S(=O)(c1c(F)c(F)c(F)c(F)c1F)N1CCN(c2nc(Cc3cc(F)cc(F)c3)cs2)CC1. The van der Waals surface area contributed by atoms with Crippen LogP contribution in [0.2, 0.25) is 0 Å². The first-order valence-electron chi connectivity index (χ1n) is 9.65. The molecule has 0 bridgehead atoms. The number of hydrogen-bond acceptors (Lipinski definition) is 5. The summed E-state index contributed by atoms with van der Waals surface area (Å²) in [5, 5.41) is 2.14. The highest BCUT2D eigenvalue weighted by atomic mass is 32.2. The molecule has 1 fully saturated rings. The minimum Gasteiger partial charge on any atom is -0.345 e. The van der Waals surface area contributed by atoms with Gasteiger partial charge in [-0.25, -0.2) is 44.1 Å². The van der Waals surface area contributed by atoms with Gasteiger partial charge >= 0.3 is 0 Å². The Kier molecular flexibility index (Phi) is 6.57. The van der Waals surface area contributed by atoms with Gasteiger partial charge in [0.15, 0.2) is 33.3 Å². The number of benzene rings is 2. The molecule has 0 atom stereocenters. The summed E-state index contributed by atoms with van der Waals surface area (Å²) < 4.78 is 121. The van der Waals surface area contributed by atoms with Crippen LogP contribution in [0.4, 0.5) is 35.9 Å². The van der Waals surface area contributed by atoms with Crippen molar-refractivity contribution >= 4 is 26.5 Å². The van der Waals surface area contributed by atoms with E-state index in [4.69, 9.17) is 0 Å². The zero-order chi connectivity index (χ0) is 24.8. The van der Waals surface area contributed by atoms with Gasteiger partial charge in [0.2, 0.25) is 15.8 Å². The molecular formula is C20H14F7N3O2S2. The lowest BCUT2D eigenvalue weighted by atomic mass is 10.1. The van der Waals surface area contributed by atoms with Crippen molar-refractivity contribution in [2.75, 3.05) is 31.1 Å². The summed E-state index contributed by atoms with van der Waals surface area (Å²) in [6, 6.07) is 3.09. The normalized spacial score (nSPS) is 15.2. The molecule has 34 heavy (non-hydrogen) atoms. The maximum Gasteiger partial charge on any atom is 0.249 e. The average molecular weight is 525 g/mol. The van der Waals surface area contributed by atoms with E-state index < -0.39 is 55.6 Å². The van der Waals surface area contributed by atoms with Crippen LogP contribution >= 0.6 is 11.3 Å². The first-order valence-corrected chi connectivity index (χ1v) is 12.0. The number of hydrogen-bond donors (Lipinski definition) is 0. The molecule has 1 saturated heterocycles. The van der Waals surface area contributed by atoms with Crippen LogP contribution < -0.4 is 4.90 Å². The molecule has 0 amide bonds. The number of sulfonamides is 1. The Morgan fingerprint density at radius 3 is 1.88 bits per heavy atom. The Hall–Kier alpha value is -2.71. The van der Waals surface area contributed by atoms with Crippen LogP contribution in [-0.2, 0) is 16.4 Å². The van der Waals surface area contributed by atoms with Crippen molar-refractivity contribution in [3.05, 3.63) is 75.6 Å². The molecule has 0 unspecified atom stereocenters. The highest BCUT2D eigenvalue weighted by molar-refractivity contribution is 7.89. The first kappa shape index (κ1) is 24.4. The fourth-order valence-corrected chi connectivity index (χ4v) is 5.92. The zero-order valence-electron chi connectivity index (χ0n) is 17.0. The fourth-order valence-electron chi connectivity index (χ4n) is 3.50. The number of aromatic nitrogens is 1. The predicted octanol–water partition coefficient (Wildman–Crippen LogP) is 4.22. The van der Waals surface area contributed by atoms with Crippen LogP contribution in [0.5, 0.6) is 0 Å². The molecule has 2 aromatic carbocycles. The number of halogens is 7. The molecule has 0 saturated carbocycles. The van der Waals surface area contributed by atoms with Crippen molar-refractivity contribution in [1.29, 1.82) is 0 Å². The van der Waals surface area contributed by atoms with E-state index in [1.54, 1.807) is 10.3 Å². The summed E-state index contributed by atoms with van der Waals surface area (Å²) >= 11 is 1.20. The largest absolute Gasteiger partial charge is 0.345 e. The van der Waals surface area contributed by atoms with E-state index in [9.17, 15) is 39.2 Å². The van der Waals surface area contributed by atoms with Crippen molar-refractivity contribution in [2.24, 2.45) is 0 Å². The number of nitrogens with zero attached hydrogens (tertiary/aromatic N) is 3. The zero-order valence-corrected chi connectivity index (χ0v) is 18.6. The van der Waals surface area contributed by atoms with Crippen molar-refractivity contribution in [3.63, 3.8) is 0 Å². The lowest BCUT2D eigenvalue weighted by molar-refractivity contribution is 0.344. The van der Waals surface area contributed by atoms with E-state index in [0.717, 1.165) is 6.07 Å². The maximum absolute atomic E-state index is 14.0. The van der Waals surface area contributed by atoms with Gasteiger partial charge in [-0.3, -0.25) is 0 Å². The maximum atomic E-state index is 14.0. The molecule has 0 N–H and O–H groups in total. The molecule has 2 heterocycles. The van der Waals surface area contributed by atoms with E-state index in [2.05, 4.69) is 4.98 Å². The van der Waals surface area contributed by atoms with Crippen LogP contribution in [-0.4, -0.2) is 43.9 Å². The molecule has 0 radical (unpaired) electrons. The average Bonchev–Trinajstić information content (AvgIpc) is 3.24. The third kappa shape index (κ3) is 4.49. The lowest BCUT2D eigenvalue weighted by Gasteiger charge is -2.33. The second-order valence-electron chi connectivity index (χ2n) is 7.37. The fraction of sp³-hybridized carbons (Fsp3) is 0.250. The lowest BCUT2D eigenvalue weighted by Crippen LogP contribution is -2.49. The summed E-state index contributed by atoms with van der Waals surface area (Å²) in [6.07, 6.45) is 0.153. The van der Waals surface area contributed by atoms with E-state index >= 15 is 0 Å². The van der Waals surface area contributed by atoms with Crippen LogP contribution in [0, 0.1) is 40.7 Å². The number of rotatable bonds is 5. The van der Waals surface area contributed by atoms with Crippen molar-refractivity contribution in [1.82, 2.24) is 9.29 Å². The summed E-state index contributed by atoms with van der Waals surface area (Å²) in [5.41, 5.74) is 0.884. The standard InChI is InChI=1S/C20H14F7N3O2S2/c21-11-5-10(6-12(22)8-11)7-13-9-33-20(28-13)29-1-3-30(4-2-29)34(31,32)19-17(26)15(24)14(23)16(25)18(19)27/h5-6,8-9H,1-4,7H2. The summed E-state index contributed by atoms with van der Waals surface area (Å²) in [7, 11) is -5.01. The topological polar surface area (TPSA) is 53.5 Å². The van der Waals surface area contributed by atoms with Crippen LogP contribution in [0.1, 0.15) is 11.3 Å². The third-order valence-electron chi connectivity index (χ3n) is 5.12. The monoisotopic (exact) mass is 525 g/mol. The van der Waals surface area contributed by atoms with Gasteiger partial charge in [0.05, 0.1) is 5.69 Å². The molecule has 1 aliphatic rings. The van der Waals surface area contributed by atoms with Crippen molar-refractivity contribution < 1.29 is 39.2 Å². The first-order chi connectivity index (χ1) is 16.0. The Bertz CT molecular complexity index is 1310. The van der Waals surface area contributed by atoms with Crippen LogP contribution in [0.3, 0.4) is 0 Å². The summed E-state index contributed by atoms with van der Waals surface area (Å²) in [5.74, 6) is -13.4. The van der Waals surface area contributed by atoms with Gasteiger partial charge in [0.25, 0.3) is 0 Å². The predicted molar refractivity (Wildman–Crippen MR) is 108 cm³/mol. The number of thiazole rings is 1. The molecular weight excluding hydrogens is 511 g/mol. The van der Waals surface area contributed by atoms with Crippen LogP contribution in [0.15, 0.2) is 28.5 Å². The minimum absolute atomic E-state index is 0.0240. The Labute approximate surface area is 193 Å². The minimum atomic E-state index is -5.01. The number of piperazine rings is 1.